The summed E-state index contributed by atoms with van der Waals surface area (Å²) in [6.45, 7) is 4.03. The Morgan fingerprint density at radius 1 is 1.35 bits per heavy atom. The van der Waals surface area contributed by atoms with Crippen molar-refractivity contribution in [2.24, 2.45) is 0 Å². The quantitative estimate of drug-likeness (QED) is 0.800. The SMILES string of the molecule is CC[C@H](CNC(=O)C1(Oc2ccc(Cl)cc2)CCNCC1)OC. The fourth-order valence-corrected chi connectivity index (χ4v) is 2.82. The van der Waals surface area contributed by atoms with E-state index < -0.39 is 5.60 Å². The van der Waals surface area contributed by atoms with Gasteiger partial charge in [0, 0.05) is 31.5 Å². The molecule has 0 radical (unpaired) electrons. The van der Waals surface area contributed by atoms with Crippen LogP contribution < -0.4 is 15.4 Å². The van der Waals surface area contributed by atoms with Crippen LogP contribution in [0.25, 0.3) is 0 Å². The molecule has 23 heavy (non-hydrogen) atoms. The molecule has 0 aliphatic carbocycles. The average Bonchev–Trinajstić information content (AvgIpc) is 2.58. The molecule has 1 atom stereocenters. The Hall–Kier alpha value is -1.30. The fraction of sp³-hybridized carbons (Fsp3) is 0.588. The van der Waals surface area contributed by atoms with Gasteiger partial charge in [0.15, 0.2) is 5.60 Å². The number of carbonyl (C=O) groups is 1. The molecule has 2 rings (SSSR count). The van der Waals surface area contributed by atoms with E-state index in [1.165, 1.54) is 0 Å². The van der Waals surface area contributed by atoms with Crippen molar-refractivity contribution in [2.45, 2.75) is 37.9 Å². The number of methoxy groups -OCH3 is 1. The van der Waals surface area contributed by atoms with Crippen LogP contribution in [0, 0.1) is 0 Å². The maximum absolute atomic E-state index is 12.8. The van der Waals surface area contributed by atoms with Crippen LogP contribution in [-0.2, 0) is 9.53 Å². The van der Waals surface area contributed by atoms with Gasteiger partial charge in [0.2, 0.25) is 0 Å². The van der Waals surface area contributed by atoms with Crippen molar-refractivity contribution in [3.8, 4) is 5.75 Å². The number of halogens is 1. The molecule has 1 saturated heterocycles. The summed E-state index contributed by atoms with van der Waals surface area (Å²) in [6, 6.07) is 7.12. The monoisotopic (exact) mass is 340 g/mol. The van der Waals surface area contributed by atoms with E-state index in [0.29, 0.717) is 30.2 Å². The lowest BCUT2D eigenvalue weighted by Crippen LogP contribution is -2.57. The maximum atomic E-state index is 12.8. The van der Waals surface area contributed by atoms with Gasteiger partial charge >= 0.3 is 0 Å². The van der Waals surface area contributed by atoms with Crippen LogP contribution in [0.15, 0.2) is 24.3 Å². The summed E-state index contributed by atoms with van der Waals surface area (Å²) in [7, 11) is 1.66. The van der Waals surface area contributed by atoms with Crippen molar-refractivity contribution in [3.05, 3.63) is 29.3 Å². The third-order valence-electron chi connectivity index (χ3n) is 4.23. The summed E-state index contributed by atoms with van der Waals surface area (Å²) in [4.78, 5) is 12.8. The summed E-state index contributed by atoms with van der Waals surface area (Å²) in [5, 5.41) is 6.90. The highest BCUT2D eigenvalue weighted by Gasteiger charge is 2.42. The lowest BCUT2D eigenvalue weighted by Gasteiger charge is -2.36. The number of nitrogens with one attached hydrogen (secondary N) is 2. The van der Waals surface area contributed by atoms with Gasteiger partial charge in [-0.15, -0.1) is 0 Å². The first-order valence-corrected chi connectivity index (χ1v) is 8.44. The minimum absolute atomic E-state index is 0.0215. The van der Waals surface area contributed by atoms with Crippen molar-refractivity contribution in [2.75, 3.05) is 26.7 Å². The van der Waals surface area contributed by atoms with E-state index in [1.54, 1.807) is 31.4 Å². The molecule has 1 aliphatic heterocycles. The van der Waals surface area contributed by atoms with E-state index in [-0.39, 0.29) is 12.0 Å². The van der Waals surface area contributed by atoms with Gasteiger partial charge in [0.25, 0.3) is 5.91 Å². The van der Waals surface area contributed by atoms with Gasteiger partial charge in [-0.3, -0.25) is 4.79 Å². The first kappa shape index (κ1) is 18.0. The maximum Gasteiger partial charge on any atom is 0.264 e. The van der Waals surface area contributed by atoms with Crippen molar-refractivity contribution >= 4 is 17.5 Å². The van der Waals surface area contributed by atoms with Gasteiger partial charge in [-0.25, -0.2) is 0 Å². The zero-order valence-corrected chi connectivity index (χ0v) is 14.5. The molecule has 5 nitrogen and oxygen atoms in total. The Morgan fingerprint density at radius 3 is 2.57 bits per heavy atom. The molecule has 1 fully saturated rings. The van der Waals surface area contributed by atoms with Crippen molar-refractivity contribution in [1.29, 1.82) is 0 Å². The third kappa shape index (κ3) is 4.83. The molecule has 1 aromatic rings. The lowest BCUT2D eigenvalue weighted by molar-refractivity contribution is -0.139. The Bertz CT molecular complexity index is 497. The summed E-state index contributed by atoms with van der Waals surface area (Å²) in [5.74, 6) is 0.578. The second-order valence-corrected chi connectivity index (χ2v) is 6.21. The number of hydrogen-bond acceptors (Lipinski definition) is 4. The Kier molecular flexibility index (Phi) is 6.69. The zero-order chi connectivity index (χ0) is 16.7. The zero-order valence-electron chi connectivity index (χ0n) is 13.7. The lowest BCUT2D eigenvalue weighted by atomic mass is 9.90. The molecule has 0 spiro atoms. The molecule has 0 unspecified atom stereocenters. The first-order valence-electron chi connectivity index (χ1n) is 8.06. The van der Waals surface area contributed by atoms with Gasteiger partial charge < -0.3 is 20.1 Å². The van der Waals surface area contributed by atoms with Crippen LogP contribution in [0.1, 0.15) is 26.2 Å². The Morgan fingerprint density at radius 2 is 2.00 bits per heavy atom. The standard InChI is InChI=1S/C17H25ClN2O3/c1-3-14(22-2)12-20-16(21)17(8-10-19-11-9-17)23-15-6-4-13(18)5-7-15/h4-7,14,19H,3,8-12H2,1-2H3,(H,20,21)/t14-/m1/s1. The molecule has 1 amide bonds. The predicted molar refractivity (Wildman–Crippen MR) is 91.0 cm³/mol. The highest BCUT2D eigenvalue weighted by Crippen LogP contribution is 2.28. The second-order valence-electron chi connectivity index (χ2n) is 5.78. The van der Waals surface area contributed by atoms with E-state index in [0.717, 1.165) is 19.5 Å². The molecule has 2 N–H and O–H groups in total. The number of hydrogen-bond donors (Lipinski definition) is 2. The first-order chi connectivity index (χ1) is 11.1. The number of benzene rings is 1. The van der Waals surface area contributed by atoms with Gasteiger partial charge in [0.1, 0.15) is 5.75 Å². The Labute approximate surface area is 142 Å². The number of rotatable bonds is 7. The van der Waals surface area contributed by atoms with E-state index in [1.807, 2.05) is 6.92 Å². The van der Waals surface area contributed by atoms with Gasteiger partial charge in [0.05, 0.1) is 6.10 Å². The van der Waals surface area contributed by atoms with Crippen LogP contribution >= 0.6 is 11.6 Å². The molecule has 6 heteroatoms. The summed E-state index contributed by atoms with van der Waals surface area (Å²) < 4.78 is 11.4. The van der Waals surface area contributed by atoms with Gasteiger partial charge in [-0.1, -0.05) is 18.5 Å². The minimum Gasteiger partial charge on any atom is -0.477 e. The largest absolute Gasteiger partial charge is 0.477 e. The molecule has 0 saturated carbocycles. The number of carbonyl (C=O) groups excluding carboxylic acids is 1. The van der Waals surface area contributed by atoms with Gasteiger partial charge in [-0.05, 0) is 43.8 Å². The normalized spacial score (nSPS) is 18.2. The van der Waals surface area contributed by atoms with E-state index in [2.05, 4.69) is 10.6 Å². The van der Waals surface area contributed by atoms with Crippen molar-refractivity contribution in [1.82, 2.24) is 10.6 Å². The van der Waals surface area contributed by atoms with E-state index in [9.17, 15) is 4.79 Å². The molecule has 0 aromatic heterocycles. The molecular weight excluding hydrogens is 316 g/mol. The Balaban J connectivity index is 2.08. The smallest absolute Gasteiger partial charge is 0.264 e. The molecular formula is C17H25ClN2O3. The van der Waals surface area contributed by atoms with Crippen LogP contribution in [-0.4, -0.2) is 44.4 Å². The van der Waals surface area contributed by atoms with Gasteiger partial charge in [-0.2, -0.15) is 0 Å². The minimum atomic E-state index is -0.842. The van der Waals surface area contributed by atoms with E-state index in [4.69, 9.17) is 21.1 Å². The molecule has 128 valence electrons. The molecule has 1 aromatic carbocycles. The summed E-state index contributed by atoms with van der Waals surface area (Å²) in [5.41, 5.74) is -0.842. The van der Waals surface area contributed by atoms with Crippen LogP contribution in [0.3, 0.4) is 0 Å². The number of amides is 1. The number of piperidine rings is 1. The molecule has 1 aliphatic rings. The predicted octanol–water partition coefficient (Wildman–Crippen LogP) is 2.38. The van der Waals surface area contributed by atoms with Crippen LogP contribution in [0.5, 0.6) is 5.75 Å². The average molecular weight is 341 g/mol. The second kappa shape index (κ2) is 8.52. The summed E-state index contributed by atoms with van der Waals surface area (Å²) >= 11 is 5.91. The third-order valence-corrected chi connectivity index (χ3v) is 4.48. The van der Waals surface area contributed by atoms with Crippen molar-refractivity contribution < 1.29 is 14.3 Å². The van der Waals surface area contributed by atoms with Crippen molar-refractivity contribution in [3.63, 3.8) is 0 Å². The summed E-state index contributed by atoms with van der Waals surface area (Å²) in [6.07, 6.45) is 2.13. The highest BCUT2D eigenvalue weighted by atomic mass is 35.5. The van der Waals surface area contributed by atoms with Crippen LogP contribution in [0.4, 0.5) is 0 Å². The fourth-order valence-electron chi connectivity index (χ4n) is 2.70. The topological polar surface area (TPSA) is 59.6 Å². The molecule has 0 bridgehead atoms. The number of ether oxygens (including phenoxy) is 2. The molecule has 1 heterocycles. The highest BCUT2D eigenvalue weighted by molar-refractivity contribution is 6.30. The van der Waals surface area contributed by atoms with Crippen LogP contribution in [0.2, 0.25) is 5.02 Å². The van der Waals surface area contributed by atoms with E-state index >= 15 is 0 Å².